The first kappa shape index (κ1) is 23.6. The number of hydrogen-bond donors (Lipinski definition) is 0. The SMILES string of the molecule is CC(C)(C)OC(=O)C(Cc1ccc2occ(Br)c2c1)C1CCN(C(=O)OC(C)(C)C)C1. The van der Waals surface area contributed by atoms with E-state index in [2.05, 4.69) is 15.9 Å². The summed E-state index contributed by atoms with van der Waals surface area (Å²) in [7, 11) is 0. The van der Waals surface area contributed by atoms with Gasteiger partial charge in [0.05, 0.1) is 10.4 Å². The molecular weight excluding hydrogens is 462 g/mol. The van der Waals surface area contributed by atoms with Crippen molar-refractivity contribution in [3.05, 3.63) is 34.5 Å². The fourth-order valence-electron chi connectivity index (χ4n) is 3.85. The molecule has 1 aromatic carbocycles. The molecule has 170 valence electrons. The van der Waals surface area contributed by atoms with Crippen LogP contribution in [-0.4, -0.2) is 41.3 Å². The molecule has 1 aromatic heterocycles. The van der Waals surface area contributed by atoms with Crippen LogP contribution in [-0.2, 0) is 20.7 Å². The zero-order valence-corrected chi connectivity index (χ0v) is 20.7. The van der Waals surface area contributed by atoms with Crippen LogP contribution < -0.4 is 0 Å². The lowest BCUT2D eigenvalue weighted by atomic mass is 9.85. The van der Waals surface area contributed by atoms with Crippen LogP contribution in [0.3, 0.4) is 0 Å². The van der Waals surface area contributed by atoms with Crippen LogP contribution in [0.25, 0.3) is 11.0 Å². The fourth-order valence-corrected chi connectivity index (χ4v) is 4.26. The van der Waals surface area contributed by atoms with E-state index in [0.29, 0.717) is 19.5 Å². The molecule has 1 aliphatic heterocycles. The highest BCUT2D eigenvalue weighted by Crippen LogP contribution is 2.33. The Hall–Kier alpha value is -2.02. The van der Waals surface area contributed by atoms with Gasteiger partial charge in [-0.2, -0.15) is 0 Å². The van der Waals surface area contributed by atoms with Crippen LogP contribution in [0.5, 0.6) is 0 Å². The zero-order chi connectivity index (χ0) is 23.0. The van der Waals surface area contributed by atoms with E-state index in [1.165, 1.54) is 0 Å². The molecule has 2 aromatic rings. The summed E-state index contributed by atoms with van der Waals surface area (Å²) >= 11 is 3.51. The first-order valence-corrected chi connectivity index (χ1v) is 11.5. The Balaban J connectivity index is 1.80. The van der Waals surface area contributed by atoms with Gasteiger partial charge in [0.1, 0.15) is 23.0 Å². The van der Waals surface area contributed by atoms with Crippen molar-refractivity contribution >= 4 is 39.0 Å². The van der Waals surface area contributed by atoms with Crippen LogP contribution >= 0.6 is 15.9 Å². The molecule has 1 aliphatic rings. The number of carbonyl (C=O) groups excluding carboxylic acids is 2. The molecule has 7 heteroatoms. The summed E-state index contributed by atoms with van der Waals surface area (Å²) in [5.41, 5.74) is 0.700. The minimum Gasteiger partial charge on any atom is -0.463 e. The summed E-state index contributed by atoms with van der Waals surface area (Å²) in [6.45, 7) is 12.2. The van der Waals surface area contributed by atoms with E-state index in [4.69, 9.17) is 13.9 Å². The third-order valence-corrected chi connectivity index (χ3v) is 5.82. The average Bonchev–Trinajstić information content (AvgIpc) is 3.24. The number of nitrogens with zero attached hydrogens (tertiary/aromatic N) is 1. The molecule has 2 unspecified atom stereocenters. The van der Waals surface area contributed by atoms with Crippen LogP contribution in [0.1, 0.15) is 53.5 Å². The van der Waals surface area contributed by atoms with Crippen LogP contribution in [0, 0.1) is 11.8 Å². The molecule has 2 atom stereocenters. The molecule has 1 fully saturated rings. The Labute approximate surface area is 192 Å². The Morgan fingerprint density at radius 1 is 1.16 bits per heavy atom. The maximum atomic E-state index is 13.2. The molecule has 6 nitrogen and oxygen atoms in total. The molecule has 0 aliphatic carbocycles. The van der Waals surface area contributed by atoms with Crippen LogP contribution in [0.2, 0.25) is 0 Å². The molecule has 0 N–H and O–H groups in total. The lowest BCUT2D eigenvalue weighted by Gasteiger charge is -2.28. The number of benzene rings is 1. The van der Waals surface area contributed by atoms with Crippen molar-refractivity contribution in [1.29, 1.82) is 0 Å². The number of esters is 1. The molecule has 1 amide bonds. The van der Waals surface area contributed by atoms with Crippen LogP contribution in [0.15, 0.2) is 33.4 Å². The fraction of sp³-hybridized carbons (Fsp3) is 0.583. The van der Waals surface area contributed by atoms with Crippen LogP contribution in [0.4, 0.5) is 4.79 Å². The van der Waals surface area contributed by atoms with Gasteiger partial charge in [-0.1, -0.05) is 6.07 Å². The highest BCUT2D eigenvalue weighted by molar-refractivity contribution is 9.10. The molecule has 2 heterocycles. The Morgan fingerprint density at radius 2 is 1.84 bits per heavy atom. The van der Waals surface area contributed by atoms with Gasteiger partial charge in [-0.05, 0) is 93.9 Å². The Morgan fingerprint density at radius 3 is 2.48 bits per heavy atom. The van der Waals surface area contributed by atoms with Gasteiger partial charge >= 0.3 is 12.1 Å². The predicted octanol–water partition coefficient (Wildman–Crippen LogP) is 5.95. The first-order chi connectivity index (χ1) is 14.3. The van der Waals surface area contributed by atoms with E-state index < -0.39 is 11.2 Å². The quantitative estimate of drug-likeness (QED) is 0.491. The number of carbonyl (C=O) groups is 2. The smallest absolute Gasteiger partial charge is 0.410 e. The summed E-state index contributed by atoms with van der Waals surface area (Å²) in [6.07, 6.45) is 2.60. The average molecular weight is 494 g/mol. The van der Waals surface area contributed by atoms with Gasteiger partial charge < -0.3 is 18.8 Å². The largest absolute Gasteiger partial charge is 0.463 e. The molecule has 1 saturated heterocycles. The van der Waals surface area contributed by atoms with Crippen molar-refractivity contribution in [2.45, 2.75) is 65.6 Å². The lowest BCUT2D eigenvalue weighted by molar-refractivity contribution is -0.161. The third kappa shape index (κ3) is 6.25. The number of fused-ring (bicyclic) bond motifs is 1. The number of amides is 1. The van der Waals surface area contributed by atoms with E-state index in [9.17, 15) is 9.59 Å². The Kier molecular flexibility index (Phi) is 6.75. The third-order valence-electron chi connectivity index (χ3n) is 5.20. The number of hydrogen-bond acceptors (Lipinski definition) is 5. The molecule has 0 saturated carbocycles. The summed E-state index contributed by atoms with van der Waals surface area (Å²) in [4.78, 5) is 27.4. The standard InChI is InChI=1S/C24H32BrNO5/c1-23(2,3)30-21(27)17(11-15-7-8-20-18(12-15)19(25)14-29-20)16-9-10-26(13-16)22(28)31-24(4,5)6/h7-8,12,14,16-17H,9-11,13H2,1-6H3. The second-order valence-electron chi connectivity index (χ2n) is 10.2. The van der Waals surface area contributed by atoms with Crippen molar-refractivity contribution < 1.29 is 23.5 Å². The van der Waals surface area contributed by atoms with Gasteiger partial charge in [0.25, 0.3) is 0 Å². The minimum absolute atomic E-state index is 0.00542. The normalized spacial score (nSPS) is 18.3. The van der Waals surface area contributed by atoms with Gasteiger partial charge in [0.2, 0.25) is 0 Å². The highest BCUT2D eigenvalue weighted by Gasteiger charge is 2.39. The van der Waals surface area contributed by atoms with Gasteiger partial charge in [0, 0.05) is 18.5 Å². The van der Waals surface area contributed by atoms with Crippen molar-refractivity contribution in [3.8, 4) is 0 Å². The van der Waals surface area contributed by atoms with Crippen molar-refractivity contribution in [3.63, 3.8) is 0 Å². The number of furan rings is 1. The first-order valence-electron chi connectivity index (χ1n) is 10.7. The second kappa shape index (κ2) is 8.85. The maximum absolute atomic E-state index is 13.2. The van der Waals surface area contributed by atoms with E-state index in [1.807, 2.05) is 59.7 Å². The molecule has 0 radical (unpaired) electrons. The summed E-state index contributed by atoms with van der Waals surface area (Å²) in [6, 6.07) is 5.94. The zero-order valence-electron chi connectivity index (χ0n) is 19.2. The second-order valence-corrected chi connectivity index (χ2v) is 11.1. The van der Waals surface area contributed by atoms with Crippen molar-refractivity contribution in [1.82, 2.24) is 4.90 Å². The van der Waals surface area contributed by atoms with E-state index in [0.717, 1.165) is 27.4 Å². The number of rotatable bonds is 4. The topological polar surface area (TPSA) is 69.0 Å². The minimum atomic E-state index is -0.573. The molecular formula is C24H32BrNO5. The van der Waals surface area contributed by atoms with E-state index in [-0.39, 0.29) is 23.9 Å². The van der Waals surface area contributed by atoms with Gasteiger partial charge in [-0.3, -0.25) is 4.79 Å². The Bertz CT molecular complexity index is 953. The van der Waals surface area contributed by atoms with E-state index >= 15 is 0 Å². The summed E-state index contributed by atoms with van der Waals surface area (Å²) in [5, 5.41) is 0.974. The number of likely N-dealkylation sites (tertiary alicyclic amines) is 1. The lowest BCUT2D eigenvalue weighted by Crippen LogP contribution is -2.38. The van der Waals surface area contributed by atoms with E-state index in [1.54, 1.807) is 11.2 Å². The van der Waals surface area contributed by atoms with Gasteiger partial charge in [-0.15, -0.1) is 0 Å². The molecule has 31 heavy (non-hydrogen) atoms. The van der Waals surface area contributed by atoms with Gasteiger partial charge in [0.15, 0.2) is 0 Å². The molecule has 0 spiro atoms. The van der Waals surface area contributed by atoms with Crippen molar-refractivity contribution in [2.24, 2.45) is 11.8 Å². The highest BCUT2D eigenvalue weighted by atomic mass is 79.9. The maximum Gasteiger partial charge on any atom is 0.410 e. The van der Waals surface area contributed by atoms with Gasteiger partial charge in [-0.25, -0.2) is 4.79 Å². The number of halogens is 1. The molecule has 3 rings (SSSR count). The summed E-state index contributed by atoms with van der Waals surface area (Å²) in [5.74, 6) is -0.574. The number of ether oxygens (including phenoxy) is 2. The monoisotopic (exact) mass is 493 g/mol. The van der Waals surface area contributed by atoms with Crippen molar-refractivity contribution in [2.75, 3.05) is 13.1 Å². The summed E-state index contributed by atoms with van der Waals surface area (Å²) < 4.78 is 17.7. The predicted molar refractivity (Wildman–Crippen MR) is 123 cm³/mol. The molecule has 0 bridgehead atoms.